The molecule has 0 unspecified atom stereocenters. The summed E-state index contributed by atoms with van der Waals surface area (Å²) in [6.07, 6.45) is 3.49. The molecular formula is C21H24BrClFN3O3S. The average Bonchev–Trinajstić information content (AvgIpc) is 2.71. The number of likely N-dealkylation sites (tertiary alicyclic amines) is 1. The zero-order valence-corrected chi connectivity index (χ0v) is 20.9. The highest BCUT2D eigenvalue weighted by atomic mass is 79.9. The molecule has 3 rings (SSSR count). The minimum absolute atomic E-state index is 0.0109. The summed E-state index contributed by atoms with van der Waals surface area (Å²) in [5.41, 5.74) is 0.466. The van der Waals surface area contributed by atoms with E-state index >= 15 is 0 Å². The van der Waals surface area contributed by atoms with Crippen LogP contribution in [0.5, 0.6) is 0 Å². The van der Waals surface area contributed by atoms with Gasteiger partial charge in [-0.05, 0) is 61.9 Å². The number of amides is 1. The summed E-state index contributed by atoms with van der Waals surface area (Å²) in [5, 5.41) is 4.47. The summed E-state index contributed by atoms with van der Waals surface area (Å²) in [5.74, 6) is -0.571. The van der Waals surface area contributed by atoms with Crippen LogP contribution in [-0.2, 0) is 4.74 Å². The number of nitrogens with zero attached hydrogens (tertiary/aromatic N) is 2. The Bertz CT molecular complexity index is 1020. The fraction of sp³-hybridized carbons (Fsp3) is 0.476. The van der Waals surface area contributed by atoms with E-state index in [1.165, 1.54) is 11.8 Å². The van der Waals surface area contributed by atoms with Crippen LogP contribution in [0.25, 0.3) is 10.9 Å². The molecule has 1 N–H and O–H groups in total. The lowest BCUT2D eigenvalue weighted by molar-refractivity contribution is 0.0210. The maximum absolute atomic E-state index is 14.9. The third-order valence-corrected chi connectivity index (χ3v) is 6.92. The molecule has 0 saturated carbocycles. The predicted molar refractivity (Wildman–Crippen MR) is 126 cm³/mol. The van der Waals surface area contributed by atoms with E-state index in [1.54, 1.807) is 17.2 Å². The number of thioether (sulfide) groups is 1. The van der Waals surface area contributed by atoms with Crippen LogP contribution >= 0.6 is 39.3 Å². The van der Waals surface area contributed by atoms with Crippen molar-refractivity contribution >= 4 is 68.3 Å². The van der Waals surface area contributed by atoms with Crippen LogP contribution in [0.4, 0.5) is 14.9 Å². The number of rotatable bonds is 4. The van der Waals surface area contributed by atoms with Gasteiger partial charge in [0, 0.05) is 24.5 Å². The number of ether oxygens (including phenoxy) is 1. The average molecular weight is 533 g/mol. The van der Waals surface area contributed by atoms with Gasteiger partial charge in [-0.25, -0.2) is 14.2 Å². The molecule has 0 bridgehead atoms. The number of hydrogen-bond acceptors (Lipinski definition) is 6. The number of piperidine rings is 1. The zero-order chi connectivity index (χ0) is 22.9. The number of hydrogen-bond donors (Lipinski definition) is 1. The summed E-state index contributed by atoms with van der Waals surface area (Å²) in [4.78, 5) is 30.2. The number of fused-ring (bicyclic) bond motifs is 1. The van der Waals surface area contributed by atoms with Crippen molar-refractivity contribution in [2.75, 3.05) is 24.7 Å². The van der Waals surface area contributed by atoms with Crippen LogP contribution < -0.4 is 5.32 Å². The van der Waals surface area contributed by atoms with Crippen molar-refractivity contribution in [1.82, 2.24) is 9.88 Å². The Morgan fingerprint density at radius 2 is 2.06 bits per heavy atom. The summed E-state index contributed by atoms with van der Waals surface area (Å²) in [6.45, 7) is 6.53. The van der Waals surface area contributed by atoms with E-state index in [2.05, 4.69) is 26.2 Å². The summed E-state index contributed by atoms with van der Waals surface area (Å²) < 4.78 is 20.4. The molecule has 0 spiro atoms. The van der Waals surface area contributed by atoms with Crippen molar-refractivity contribution < 1.29 is 18.7 Å². The minimum atomic E-state index is -0.571. The molecule has 168 valence electrons. The van der Waals surface area contributed by atoms with E-state index in [1.807, 2.05) is 20.8 Å². The Balaban J connectivity index is 1.90. The Hall–Kier alpha value is -1.58. The lowest BCUT2D eigenvalue weighted by Crippen LogP contribution is -2.44. The highest BCUT2D eigenvalue weighted by molar-refractivity contribution is 9.10. The molecule has 1 aliphatic heterocycles. The van der Waals surface area contributed by atoms with Gasteiger partial charge in [-0.2, -0.15) is 0 Å². The second-order valence-electron chi connectivity index (χ2n) is 8.30. The number of aromatic nitrogens is 1. The van der Waals surface area contributed by atoms with Gasteiger partial charge in [-0.3, -0.25) is 4.79 Å². The predicted octanol–water partition coefficient (Wildman–Crippen LogP) is 6.14. The Labute approximate surface area is 198 Å². The van der Waals surface area contributed by atoms with Gasteiger partial charge in [0.15, 0.2) is 12.1 Å². The number of aldehydes is 1. The van der Waals surface area contributed by atoms with E-state index in [-0.39, 0.29) is 27.1 Å². The van der Waals surface area contributed by atoms with Gasteiger partial charge in [0.2, 0.25) is 0 Å². The van der Waals surface area contributed by atoms with Crippen LogP contribution in [-0.4, -0.2) is 53.3 Å². The van der Waals surface area contributed by atoms with E-state index in [0.29, 0.717) is 47.6 Å². The zero-order valence-electron chi connectivity index (χ0n) is 17.7. The summed E-state index contributed by atoms with van der Waals surface area (Å²) in [7, 11) is 0. The second kappa shape index (κ2) is 9.50. The van der Waals surface area contributed by atoms with E-state index in [9.17, 15) is 14.0 Å². The van der Waals surface area contributed by atoms with Crippen LogP contribution in [0.1, 0.15) is 44.0 Å². The highest BCUT2D eigenvalue weighted by Gasteiger charge is 2.28. The van der Waals surface area contributed by atoms with Crippen molar-refractivity contribution in [2.45, 2.75) is 50.3 Å². The quantitative estimate of drug-likeness (QED) is 0.290. The first-order valence-electron chi connectivity index (χ1n) is 9.80. The minimum Gasteiger partial charge on any atom is -0.444 e. The first-order chi connectivity index (χ1) is 14.6. The number of halogens is 3. The number of nitrogens with one attached hydrogen (secondary N) is 1. The molecule has 2 heterocycles. The van der Waals surface area contributed by atoms with Crippen LogP contribution in [0, 0.1) is 5.82 Å². The second-order valence-corrected chi connectivity index (χ2v) is 10.3. The molecule has 6 nitrogen and oxygen atoms in total. The Morgan fingerprint density at radius 1 is 1.42 bits per heavy atom. The topological polar surface area (TPSA) is 71.5 Å². The van der Waals surface area contributed by atoms with Gasteiger partial charge < -0.3 is 15.0 Å². The standard InChI is InChI=1S/C21H24BrClFN3O3S/c1-21(2,3)30-20(29)27-7-5-11(6-8-27)25-17-12-9-14(23)15(22)16(24)18(12)26-19(31-4)13(17)10-28/h9-11H,5-8H2,1-4H3,(H,25,26). The van der Waals surface area contributed by atoms with Gasteiger partial charge in [0.05, 0.1) is 20.7 Å². The van der Waals surface area contributed by atoms with Crippen LogP contribution in [0.3, 0.4) is 0 Å². The third kappa shape index (κ3) is 5.26. The molecular weight excluding hydrogens is 509 g/mol. The molecule has 1 aromatic heterocycles. The van der Waals surface area contributed by atoms with Crippen molar-refractivity contribution in [1.29, 1.82) is 0 Å². The molecule has 1 amide bonds. The van der Waals surface area contributed by atoms with Gasteiger partial charge in [-0.15, -0.1) is 11.8 Å². The van der Waals surface area contributed by atoms with Gasteiger partial charge in [0.1, 0.15) is 16.1 Å². The van der Waals surface area contributed by atoms with Gasteiger partial charge in [-0.1, -0.05) is 11.6 Å². The first kappa shape index (κ1) is 24.1. The van der Waals surface area contributed by atoms with Gasteiger partial charge in [0.25, 0.3) is 0 Å². The van der Waals surface area contributed by atoms with Crippen molar-refractivity contribution in [3.63, 3.8) is 0 Å². The number of anilines is 1. The van der Waals surface area contributed by atoms with Crippen LogP contribution in [0.15, 0.2) is 15.6 Å². The molecule has 1 saturated heterocycles. The van der Waals surface area contributed by atoms with E-state index in [0.717, 1.165) is 6.29 Å². The van der Waals surface area contributed by atoms with Crippen molar-refractivity contribution in [2.24, 2.45) is 0 Å². The number of carbonyl (C=O) groups is 2. The molecule has 1 aromatic carbocycles. The normalized spacial score (nSPS) is 15.3. The molecule has 0 radical (unpaired) electrons. The Morgan fingerprint density at radius 3 is 2.61 bits per heavy atom. The van der Waals surface area contributed by atoms with Gasteiger partial charge >= 0.3 is 6.09 Å². The maximum atomic E-state index is 14.9. The molecule has 2 aromatic rings. The summed E-state index contributed by atoms with van der Waals surface area (Å²) in [6, 6.07) is 1.59. The monoisotopic (exact) mass is 531 g/mol. The fourth-order valence-electron chi connectivity index (χ4n) is 3.46. The largest absolute Gasteiger partial charge is 0.444 e. The van der Waals surface area contributed by atoms with Crippen LogP contribution in [0.2, 0.25) is 5.02 Å². The molecule has 0 atom stereocenters. The molecule has 1 aliphatic rings. The van der Waals surface area contributed by atoms with Crippen molar-refractivity contribution in [3.8, 4) is 0 Å². The first-order valence-corrected chi connectivity index (χ1v) is 12.2. The highest BCUT2D eigenvalue weighted by Crippen LogP contribution is 2.39. The van der Waals surface area contributed by atoms with E-state index in [4.69, 9.17) is 16.3 Å². The lowest BCUT2D eigenvalue weighted by Gasteiger charge is -2.34. The maximum Gasteiger partial charge on any atom is 0.410 e. The lowest BCUT2D eigenvalue weighted by atomic mass is 10.0. The van der Waals surface area contributed by atoms with Crippen molar-refractivity contribution in [3.05, 3.63) is 26.9 Å². The van der Waals surface area contributed by atoms with E-state index < -0.39 is 11.4 Å². The number of benzene rings is 1. The Kier molecular flexibility index (Phi) is 7.38. The molecule has 10 heteroatoms. The molecule has 1 fully saturated rings. The fourth-order valence-corrected chi connectivity index (χ4v) is 4.50. The number of pyridine rings is 1. The smallest absolute Gasteiger partial charge is 0.410 e. The summed E-state index contributed by atoms with van der Waals surface area (Å²) >= 11 is 10.6. The third-order valence-electron chi connectivity index (χ3n) is 4.93. The SMILES string of the molecule is CSc1nc2c(F)c(Br)c(Cl)cc2c(NC2CCN(C(=O)OC(C)(C)C)CC2)c1C=O. The molecule has 31 heavy (non-hydrogen) atoms. The molecule has 0 aliphatic carbocycles. The number of carbonyl (C=O) groups excluding carboxylic acids is 2.